The molecule has 122 valence electrons. The molecule has 1 aromatic carbocycles. The summed E-state index contributed by atoms with van der Waals surface area (Å²) < 4.78 is 6.73. The quantitative estimate of drug-likeness (QED) is 0.403. The van der Waals surface area contributed by atoms with Crippen molar-refractivity contribution in [2.75, 3.05) is 12.9 Å². The van der Waals surface area contributed by atoms with Crippen LogP contribution in [0.15, 0.2) is 53.8 Å². The molecule has 2 heterocycles. The van der Waals surface area contributed by atoms with Gasteiger partial charge in [0.25, 0.3) is 0 Å². The maximum atomic E-state index is 12.3. The molecule has 0 N–H and O–H groups in total. The molecule has 0 bridgehead atoms. The summed E-state index contributed by atoms with van der Waals surface area (Å²) in [6, 6.07) is 12.9. The van der Waals surface area contributed by atoms with Gasteiger partial charge in [-0.15, -0.1) is 0 Å². The van der Waals surface area contributed by atoms with Crippen molar-refractivity contribution >= 4 is 17.7 Å². The van der Waals surface area contributed by atoms with Crippen LogP contribution in [0.2, 0.25) is 0 Å². The van der Waals surface area contributed by atoms with Gasteiger partial charge in [0.1, 0.15) is 5.69 Å². The number of aromatic nitrogens is 4. The molecule has 0 aliphatic rings. The molecule has 0 amide bonds. The van der Waals surface area contributed by atoms with E-state index >= 15 is 0 Å². The number of ether oxygens (including phenoxy) is 1. The summed E-state index contributed by atoms with van der Waals surface area (Å²) in [6.07, 6.45) is 3.59. The van der Waals surface area contributed by atoms with E-state index in [0.717, 1.165) is 5.69 Å². The van der Waals surface area contributed by atoms with Gasteiger partial charge in [0.2, 0.25) is 0 Å². The molecule has 0 saturated carbocycles. The molecule has 0 spiro atoms. The molecule has 0 saturated heterocycles. The summed E-state index contributed by atoms with van der Waals surface area (Å²) >= 11 is 1.45. The highest BCUT2D eigenvalue weighted by Gasteiger charge is 2.19. The van der Waals surface area contributed by atoms with E-state index in [1.807, 2.05) is 36.6 Å². The third kappa shape index (κ3) is 3.30. The zero-order chi connectivity index (χ0) is 16.9. The average Bonchev–Trinajstić information content (AvgIpc) is 3.08. The van der Waals surface area contributed by atoms with Crippen LogP contribution in [-0.2, 0) is 4.74 Å². The number of carbonyl (C=O) groups excluding carboxylic acids is 1. The molecular formula is C17H16N4O2S. The van der Waals surface area contributed by atoms with Gasteiger partial charge < -0.3 is 4.74 Å². The lowest BCUT2D eigenvalue weighted by atomic mass is 10.2. The number of para-hydroxylation sites is 1. The maximum Gasteiger partial charge on any atom is 0.357 e. The van der Waals surface area contributed by atoms with Gasteiger partial charge in [-0.2, -0.15) is 5.10 Å². The first kappa shape index (κ1) is 16.2. The predicted octanol–water partition coefficient (Wildman–Crippen LogP) is 3.23. The van der Waals surface area contributed by atoms with E-state index in [1.165, 1.54) is 11.8 Å². The Morgan fingerprint density at radius 3 is 2.71 bits per heavy atom. The van der Waals surface area contributed by atoms with Crippen LogP contribution in [-0.4, -0.2) is 38.6 Å². The van der Waals surface area contributed by atoms with Crippen LogP contribution in [0.5, 0.6) is 0 Å². The molecule has 3 aromatic rings. The minimum Gasteiger partial charge on any atom is -0.461 e. The lowest BCUT2D eigenvalue weighted by molar-refractivity contribution is 0.0515. The molecule has 3 rings (SSSR count). The van der Waals surface area contributed by atoms with Crippen molar-refractivity contribution in [2.45, 2.75) is 12.1 Å². The Balaban J connectivity index is 2.10. The normalized spacial score (nSPS) is 10.6. The van der Waals surface area contributed by atoms with Gasteiger partial charge in [0.15, 0.2) is 10.9 Å². The van der Waals surface area contributed by atoms with Crippen LogP contribution in [0.1, 0.15) is 17.4 Å². The second-order valence-electron chi connectivity index (χ2n) is 4.81. The summed E-state index contributed by atoms with van der Waals surface area (Å²) in [5.41, 5.74) is 2.41. The number of hydrogen-bond donors (Lipinski definition) is 0. The van der Waals surface area contributed by atoms with Crippen molar-refractivity contribution in [1.29, 1.82) is 0 Å². The lowest BCUT2D eigenvalue weighted by Crippen LogP contribution is -2.11. The van der Waals surface area contributed by atoms with Gasteiger partial charge in [0.05, 0.1) is 18.0 Å². The fraction of sp³-hybridized carbons (Fsp3) is 0.176. The van der Waals surface area contributed by atoms with Crippen LogP contribution in [0.25, 0.3) is 17.1 Å². The number of benzene rings is 1. The van der Waals surface area contributed by atoms with Gasteiger partial charge in [-0.1, -0.05) is 30.0 Å². The van der Waals surface area contributed by atoms with Crippen LogP contribution in [0.3, 0.4) is 0 Å². The standard InChI is InChI=1S/C17H16N4O2S/c1-3-23-16(22)15-11-14(13-9-10-18-17(19-13)24-2)20-21(15)12-7-5-4-6-8-12/h4-11H,3H2,1-2H3. The van der Waals surface area contributed by atoms with E-state index in [9.17, 15) is 4.79 Å². The molecule has 0 aliphatic heterocycles. The summed E-state index contributed by atoms with van der Waals surface area (Å²) in [7, 11) is 0. The largest absolute Gasteiger partial charge is 0.461 e. The Bertz CT molecular complexity index is 849. The van der Waals surface area contributed by atoms with Crippen molar-refractivity contribution in [2.24, 2.45) is 0 Å². The van der Waals surface area contributed by atoms with Crippen LogP contribution in [0, 0.1) is 0 Å². The number of nitrogens with zero attached hydrogens (tertiary/aromatic N) is 4. The number of hydrogen-bond acceptors (Lipinski definition) is 6. The Hall–Kier alpha value is -2.67. The van der Waals surface area contributed by atoms with Crippen LogP contribution >= 0.6 is 11.8 Å². The maximum absolute atomic E-state index is 12.3. The van der Waals surface area contributed by atoms with Gasteiger partial charge in [-0.05, 0) is 31.4 Å². The van der Waals surface area contributed by atoms with Gasteiger partial charge in [-0.25, -0.2) is 19.4 Å². The average molecular weight is 340 g/mol. The highest BCUT2D eigenvalue weighted by molar-refractivity contribution is 7.98. The van der Waals surface area contributed by atoms with Crippen molar-refractivity contribution in [3.05, 3.63) is 54.4 Å². The monoisotopic (exact) mass is 340 g/mol. The third-order valence-corrected chi connectivity index (χ3v) is 3.84. The van der Waals surface area contributed by atoms with E-state index < -0.39 is 5.97 Å². The second kappa shape index (κ2) is 7.27. The van der Waals surface area contributed by atoms with Gasteiger partial charge in [-0.3, -0.25) is 0 Å². The molecule has 7 heteroatoms. The number of esters is 1. The minimum atomic E-state index is -0.417. The lowest BCUT2D eigenvalue weighted by Gasteiger charge is -2.06. The van der Waals surface area contributed by atoms with E-state index in [4.69, 9.17) is 4.74 Å². The zero-order valence-corrected chi connectivity index (χ0v) is 14.2. The molecule has 0 unspecified atom stereocenters. The minimum absolute atomic E-state index is 0.304. The van der Waals surface area contributed by atoms with Gasteiger partial charge in [0, 0.05) is 12.3 Å². The summed E-state index contributed by atoms with van der Waals surface area (Å²) in [5.74, 6) is -0.417. The second-order valence-corrected chi connectivity index (χ2v) is 5.58. The van der Waals surface area contributed by atoms with E-state index in [1.54, 1.807) is 29.9 Å². The number of rotatable bonds is 5. The first-order valence-electron chi connectivity index (χ1n) is 7.43. The summed E-state index contributed by atoms with van der Waals surface area (Å²) in [5, 5.41) is 5.20. The van der Waals surface area contributed by atoms with Gasteiger partial charge >= 0.3 is 5.97 Å². The van der Waals surface area contributed by atoms with E-state index in [-0.39, 0.29) is 0 Å². The molecule has 0 aliphatic carbocycles. The smallest absolute Gasteiger partial charge is 0.357 e. The van der Waals surface area contributed by atoms with Crippen LogP contribution in [0.4, 0.5) is 0 Å². The van der Waals surface area contributed by atoms with Crippen molar-refractivity contribution < 1.29 is 9.53 Å². The Morgan fingerprint density at radius 1 is 1.21 bits per heavy atom. The molecule has 6 nitrogen and oxygen atoms in total. The van der Waals surface area contributed by atoms with Crippen molar-refractivity contribution in [3.8, 4) is 17.1 Å². The fourth-order valence-corrected chi connectivity index (χ4v) is 2.56. The first-order valence-corrected chi connectivity index (χ1v) is 8.65. The molecule has 24 heavy (non-hydrogen) atoms. The summed E-state index contributed by atoms with van der Waals surface area (Å²) in [6.45, 7) is 2.08. The number of carbonyl (C=O) groups is 1. The Labute approximate surface area is 143 Å². The predicted molar refractivity (Wildman–Crippen MR) is 92.3 cm³/mol. The molecule has 0 atom stereocenters. The topological polar surface area (TPSA) is 69.9 Å². The van der Waals surface area contributed by atoms with Crippen molar-refractivity contribution in [1.82, 2.24) is 19.7 Å². The molecule has 0 fully saturated rings. The van der Waals surface area contributed by atoms with E-state index in [2.05, 4.69) is 15.1 Å². The SMILES string of the molecule is CCOC(=O)c1cc(-c2ccnc(SC)n2)nn1-c1ccccc1. The molecule has 2 aromatic heterocycles. The Morgan fingerprint density at radius 2 is 2.00 bits per heavy atom. The first-order chi connectivity index (χ1) is 11.7. The summed E-state index contributed by atoms with van der Waals surface area (Å²) in [4.78, 5) is 20.9. The molecular weight excluding hydrogens is 324 g/mol. The third-order valence-electron chi connectivity index (χ3n) is 3.27. The fourth-order valence-electron chi connectivity index (χ4n) is 2.20. The van der Waals surface area contributed by atoms with Crippen molar-refractivity contribution in [3.63, 3.8) is 0 Å². The van der Waals surface area contributed by atoms with Crippen LogP contribution < -0.4 is 0 Å². The highest BCUT2D eigenvalue weighted by atomic mass is 32.2. The zero-order valence-electron chi connectivity index (χ0n) is 13.3. The highest BCUT2D eigenvalue weighted by Crippen LogP contribution is 2.22. The Kier molecular flexibility index (Phi) is 4.90. The molecule has 0 radical (unpaired) electrons. The number of thioether (sulfide) groups is 1. The van der Waals surface area contributed by atoms with E-state index in [0.29, 0.717) is 28.8 Å².